The summed E-state index contributed by atoms with van der Waals surface area (Å²) >= 11 is 5.63. The Balaban J connectivity index is 1.84. The monoisotopic (exact) mass is 403 g/mol. The van der Waals surface area contributed by atoms with E-state index in [1.165, 1.54) is 0 Å². The zero-order valence-corrected chi connectivity index (χ0v) is 17.6. The zero-order valence-electron chi connectivity index (χ0n) is 16.8. The van der Waals surface area contributed by atoms with Crippen LogP contribution in [0.3, 0.4) is 0 Å². The maximum atomic E-state index is 12.6. The lowest BCUT2D eigenvalue weighted by Crippen LogP contribution is -2.44. The average Bonchev–Trinajstić information content (AvgIpc) is 3.18. The molecule has 1 unspecified atom stereocenters. The zero-order chi connectivity index (χ0) is 20.1. The molecule has 7 heteroatoms. The first-order chi connectivity index (χ1) is 13.5. The summed E-state index contributed by atoms with van der Waals surface area (Å²) in [6.07, 6.45) is 2.24. The van der Waals surface area contributed by atoms with Gasteiger partial charge in [0, 0.05) is 36.2 Å². The van der Waals surface area contributed by atoms with E-state index in [2.05, 4.69) is 24.1 Å². The van der Waals surface area contributed by atoms with Crippen LogP contribution < -0.4 is 15.6 Å². The van der Waals surface area contributed by atoms with Crippen LogP contribution in [0.15, 0.2) is 29.1 Å². The van der Waals surface area contributed by atoms with Crippen LogP contribution in [0.1, 0.15) is 32.3 Å². The smallest absolute Gasteiger partial charge is 0.253 e. The fourth-order valence-electron chi connectivity index (χ4n) is 3.34. The van der Waals surface area contributed by atoms with Gasteiger partial charge in [-0.3, -0.25) is 4.79 Å². The molecule has 0 aliphatic carbocycles. The number of thiocarbonyl (C=S) groups is 1. The maximum Gasteiger partial charge on any atom is 0.253 e. The van der Waals surface area contributed by atoms with E-state index in [9.17, 15) is 4.79 Å². The molecule has 2 N–H and O–H groups in total. The number of nitrogens with one attached hydrogen (secondary N) is 2. The van der Waals surface area contributed by atoms with E-state index in [0.717, 1.165) is 42.6 Å². The van der Waals surface area contributed by atoms with Gasteiger partial charge in [-0.2, -0.15) is 0 Å². The second-order valence-electron chi connectivity index (χ2n) is 7.67. The number of methoxy groups -OCH3 is 1. The van der Waals surface area contributed by atoms with Crippen LogP contribution in [0.25, 0.3) is 10.9 Å². The Labute approximate surface area is 171 Å². The number of aromatic amines is 1. The Morgan fingerprint density at radius 2 is 2.25 bits per heavy atom. The molecule has 0 amide bonds. The highest BCUT2D eigenvalue weighted by Gasteiger charge is 2.22. The van der Waals surface area contributed by atoms with Crippen LogP contribution in [0.4, 0.5) is 0 Å². The topological polar surface area (TPSA) is 66.6 Å². The van der Waals surface area contributed by atoms with E-state index in [1.807, 2.05) is 29.2 Å². The van der Waals surface area contributed by atoms with Crippen molar-refractivity contribution >= 4 is 28.2 Å². The highest BCUT2D eigenvalue weighted by Crippen LogP contribution is 2.20. The third-order valence-corrected chi connectivity index (χ3v) is 5.29. The lowest BCUT2D eigenvalue weighted by Gasteiger charge is -2.28. The Morgan fingerprint density at radius 1 is 1.43 bits per heavy atom. The molecule has 1 saturated heterocycles. The molecule has 0 saturated carbocycles. The van der Waals surface area contributed by atoms with Crippen LogP contribution in [-0.4, -0.2) is 47.9 Å². The lowest BCUT2D eigenvalue weighted by atomic mass is 10.1. The van der Waals surface area contributed by atoms with Crippen molar-refractivity contribution in [3.63, 3.8) is 0 Å². The fraction of sp³-hybridized carbons (Fsp3) is 0.524. The number of hydrogen-bond donors (Lipinski definition) is 2. The SMILES string of the molecule is COc1ccc2[nH]c(=O)c(CN(CC3CCCO3)C(=S)NCC(C)C)cc2c1. The summed E-state index contributed by atoms with van der Waals surface area (Å²) in [5.41, 5.74) is 1.37. The molecular formula is C21H29N3O3S. The first-order valence-electron chi connectivity index (χ1n) is 9.80. The van der Waals surface area contributed by atoms with Crippen molar-refractivity contribution in [1.29, 1.82) is 0 Å². The van der Waals surface area contributed by atoms with Crippen molar-refractivity contribution < 1.29 is 9.47 Å². The van der Waals surface area contributed by atoms with Crippen LogP contribution in [-0.2, 0) is 11.3 Å². The van der Waals surface area contributed by atoms with Gasteiger partial charge in [-0.25, -0.2) is 0 Å². The molecule has 1 aromatic carbocycles. The molecule has 1 fully saturated rings. The van der Waals surface area contributed by atoms with Gasteiger partial charge in [0.15, 0.2) is 5.11 Å². The number of pyridine rings is 1. The number of benzene rings is 1. The fourth-order valence-corrected chi connectivity index (χ4v) is 3.56. The molecule has 1 aromatic heterocycles. The van der Waals surface area contributed by atoms with Gasteiger partial charge in [-0.15, -0.1) is 0 Å². The van der Waals surface area contributed by atoms with Crippen molar-refractivity contribution in [2.45, 2.75) is 39.3 Å². The minimum absolute atomic E-state index is 0.0957. The van der Waals surface area contributed by atoms with E-state index >= 15 is 0 Å². The van der Waals surface area contributed by atoms with Gasteiger partial charge in [0.25, 0.3) is 5.56 Å². The van der Waals surface area contributed by atoms with Gasteiger partial charge in [-0.1, -0.05) is 13.8 Å². The van der Waals surface area contributed by atoms with E-state index in [1.54, 1.807) is 7.11 Å². The predicted octanol–water partition coefficient (Wildman–Crippen LogP) is 3.05. The standard InChI is InChI=1S/C21H29N3O3S/c1-14(2)11-22-21(28)24(13-18-5-4-8-27-18)12-16-9-15-10-17(26-3)6-7-19(15)23-20(16)25/h6-7,9-10,14,18H,4-5,8,11-13H2,1-3H3,(H,22,28)(H,23,25). The molecule has 3 rings (SSSR count). The Morgan fingerprint density at radius 3 is 2.93 bits per heavy atom. The van der Waals surface area contributed by atoms with Crippen molar-refractivity contribution in [3.8, 4) is 5.75 Å². The first-order valence-corrected chi connectivity index (χ1v) is 10.2. The van der Waals surface area contributed by atoms with Crippen LogP contribution in [0.5, 0.6) is 5.75 Å². The summed E-state index contributed by atoms with van der Waals surface area (Å²) in [6, 6.07) is 7.55. The van der Waals surface area contributed by atoms with E-state index in [-0.39, 0.29) is 11.7 Å². The highest BCUT2D eigenvalue weighted by atomic mass is 32.1. The van der Waals surface area contributed by atoms with Crippen LogP contribution >= 0.6 is 12.2 Å². The Bertz CT molecular complexity index is 875. The number of nitrogens with zero attached hydrogens (tertiary/aromatic N) is 1. The molecule has 0 spiro atoms. The summed E-state index contributed by atoms with van der Waals surface area (Å²) < 4.78 is 11.1. The molecule has 1 aliphatic heterocycles. The Hall–Kier alpha value is -2.12. The number of H-pyrrole nitrogens is 1. The average molecular weight is 404 g/mol. The predicted molar refractivity (Wildman–Crippen MR) is 116 cm³/mol. The van der Waals surface area contributed by atoms with Gasteiger partial charge >= 0.3 is 0 Å². The van der Waals surface area contributed by atoms with Gasteiger partial charge < -0.3 is 24.7 Å². The summed E-state index contributed by atoms with van der Waals surface area (Å²) in [4.78, 5) is 17.7. The minimum Gasteiger partial charge on any atom is -0.497 e. The number of rotatable bonds is 7. The number of hydrogen-bond acceptors (Lipinski definition) is 4. The minimum atomic E-state index is -0.0957. The molecule has 2 heterocycles. The third-order valence-electron chi connectivity index (χ3n) is 4.89. The van der Waals surface area contributed by atoms with E-state index < -0.39 is 0 Å². The van der Waals surface area contributed by atoms with E-state index in [4.69, 9.17) is 21.7 Å². The summed E-state index contributed by atoms with van der Waals surface area (Å²) in [7, 11) is 1.63. The van der Waals surface area contributed by atoms with E-state index in [0.29, 0.717) is 29.7 Å². The van der Waals surface area contributed by atoms with Crippen molar-refractivity contribution in [1.82, 2.24) is 15.2 Å². The summed E-state index contributed by atoms with van der Waals surface area (Å²) in [6.45, 7) is 6.99. The second kappa shape index (κ2) is 9.39. The van der Waals surface area contributed by atoms with Gasteiger partial charge in [-0.05, 0) is 55.2 Å². The largest absolute Gasteiger partial charge is 0.497 e. The van der Waals surface area contributed by atoms with Crippen molar-refractivity contribution in [3.05, 3.63) is 40.2 Å². The molecular weight excluding hydrogens is 374 g/mol. The van der Waals surface area contributed by atoms with Crippen LogP contribution in [0, 0.1) is 5.92 Å². The molecule has 2 aromatic rings. The molecule has 152 valence electrons. The molecule has 1 atom stereocenters. The van der Waals surface area contributed by atoms with Crippen molar-refractivity contribution in [2.24, 2.45) is 5.92 Å². The maximum absolute atomic E-state index is 12.6. The molecule has 0 radical (unpaired) electrons. The molecule has 0 bridgehead atoms. The quantitative estimate of drug-likeness (QED) is 0.693. The molecule has 1 aliphatic rings. The highest BCUT2D eigenvalue weighted by molar-refractivity contribution is 7.80. The molecule has 28 heavy (non-hydrogen) atoms. The number of aromatic nitrogens is 1. The normalized spacial score (nSPS) is 16.5. The number of fused-ring (bicyclic) bond motifs is 1. The van der Waals surface area contributed by atoms with Crippen molar-refractivity contribution in [2.75, 3.05) is 26.8 Å². The Kier molecular flexibility index (Phi) is 6.91. The van der Waals surface area contributed by atoms with Crippen LogP contribution in [0.2, 0.25) is 0 Å². The first kappa shape index (κ1) is 20.6. The van der Waals surface area contributed by atoms with Gasteiger partial charge in [0.2, 0.25) is 0 Å². The lowest BCUT2D eigenvalue weighted by molar-refractivity contribution is 0.0896. The van der Waals surface area contributed by atoms with Gasteiger partial charge in [0.05, 0.1) is 19.8 Å². The summed E-state index contributed by atoms with van der Waals surface area (Å²) in [5.74, 6) is 1.25. The molecule has 6 nitrogen and oxygen atoms in total. The van der Waals surface area contributed by atoms with Gasteiger partial charge in [0.1, 0.15) is 5.75 Å². The number of ether oxygens (including phenoxy) is 2. The second-order valence-corrected chi connectivity index (χ2v) is 8.06. The summed E-state index contributed by atoms with van der Waals surface area (Å²) in [5, 5.41) is 4.92. The third kappa shape index (κ3) is 5.23.